The molecule has 0 aliphatic carbocycles. The van der Waals surface area contributed by atoms with Gasteiger partial charge in [-0.15, -0.1) is 0 Å². The highest BCUT2D eigenvalue weighted by atomic mass is 35.5. The van der Waals surface area contributed by atoms with Gasteiger partial charge < -0.3 is 10.2 Å². The van der Waals surface area contributed by atoms with Crippen LogP contribution in [0.1, 0.15) is 12.1 Å². The molecule has 0 unspecified atom stereocenters. The zero-order valence-electron chi connectivity index (χ0n) is 17.5. The van der Waals surface area contributed by atoms with E-state index in [1.807, 2.05) is 35.7 Å². The van der Waals surface area contributed by atoms with E-state index in [0.29, 0.717) is 10.7 Å². The summed E-state index contributed by atoms with van der Waals surface area (Å²) in [5, 5.41) is 9.72. The number of halogens is 1. The Kier molecular flexibility index (Phi) is 5.57. The van der Waals surface area contributed by atoms with Crippen LogP contribution in [0.25, 0.3) is 16.6 Å². The number of benzene rings is 1. The van der Waals surface area contributed by atoms with Gasteiger partial charge in [-0.2, -0.15) is 5.10 Å². The van der Waals surface area contributed by atoms with E-state index < -0.39 is 0 Å². The molecule has 0 radical (unpaired) electrons. The summed E-state index contributed by atoms with van der Waals surface area (Å²) in [7, 11) is 0. The monoisotopic (exact) mass is 436 g/mol. The van der Waals surface area contributed by atoms with E-state index in [1.54, 1.807) is 12.4 Å². The minimum atomic E-state index is 0.606. The number of nitrogens with zero attached hydrogens (tertiary/aromatic N) is 7. The van der Waals surface area contributed by atoms with Crippen LogP contribution in [0.4, 0.5) is 11.8 Å². The lowest BCUT2D eigenvalue weighted by Crippen LogP contribution is -2.47. The molecule has 4 heterocycles. The van der Waals surface area contributed by atoms with Crippen molar-refractivity contribution in [2.45, 2.75) is 13.3 Å². The number of aryl methyl sites for hydroxylation is 1. The zero-order chi connectivity index (χ0) is 21.2. The van der Waals surface area contributed by atoms with Crippen molar-refractivity contribution >= 4 is 39.9 Å². The van der Waals surface area contributed by atoms with Gasteiger partial charge in [0.15, 0.2) is 5.65 Å². The molecule has 0 bridgehead atoms. The van der Waals surface area contributed by atoms with E-state index in [0.717, 1.165) is 74.1 Å². The van der Waals surface area contributed by atoms with Crippen molar-refractivity contribution < 1.29 is 0 Å². The predicted molar refractivity (Wildman–Crippen MR) is 124 cm³/mol. The van der Waals surface area contributed by atoms with Crippen LogP contribution in [-0.4, -0.2) is 68.7 Å². The molecule has 9 heteroatoms. The van der Waals surface area contributed by atoms with Crippen molar-refractivity contribution in [3.8, 4) is 0 Å². The van der Waals surface area contributed by atoms with Crippen LogP contribution in [0.15, 0.2) is 42.7 Å². The summed E-state index contributed by atoms with van der Waals surface area (Å²) < 4.78 is 1.83. The minimum absolute atomic E-state index is 0.606. The molecule has 0 atom stereocenters. The van der Waals surface area contributed by atoms with E-state index >= 15 is 0 Å². The van der Waals surface area contributed by atoms with Gasteiger partial charge in [0.25, 0.3) is 0 Å². The van der Waals surface area contributed by atoms with Gasteiger partial charge in [-0.25, -0.2) is 19.5 Å². The molecule has 5 rings (SSSR count). The first-order valence-corrected chi connectivity index (χ1v) is 11.0. The fraction of sp³-hybridized carbons (Fsp3) is 0.364. The normalized spacial score (nSPS) is 15.1. The van der Waals surface area contributed by atoms with Crippen LogP contribution in [0.5, 0.6) is 0 Å². The van der Waals surface area contributed by atoms with Crippen LogP contribution in [0.2, 0.25) is 5.02 Å². The Labute approximate surface area is 185 Å². The quantitative estimate of drug-likeness (QED) is 0.465. The van der Waals surface area contributed by atoms with E-state index in [-0.39, 0.29) is 0 Å². The van der Waals surface area contributed by atoms with Crippen molar-refractivity contribution in [1.82, 2.24) is 29.5 Å². The van der Waals surface area contributed by atoms with Crippen molar-refractivity contribution in [3.63, 3.8) is 0 Å². The third-order valence-corrected chi connectivity index (χ3v) is 6.16. The summed E-state index contributed by atoms with van der Waals surface area (Å²) in [6, 6.07) is 10.0. The van der Waals surface area contributed by atoms with Gasteiger partial charge >= 0.3 is 0 Å². The largest absolute Gasteiger partial charge is 0.369 e. The Morgan fingerprint density at radius 3 is 2.61 bits per heavy atom. The lowest BCUT2D eigenvalue weighted by Gasteiger charge is -2.34. The maximum absolute atomic E-state index is 6.44. The van der Waals surface area contributed by atoms with Gasteiger partial charge in [0.1, 0.15) is 10.8 Å². The number of fused-ring (bicyclic) bond motifs is 3. The number of hydrogen-bond donors (Lipinski definition) is 1. The Bertz CT molecular complexity index is 1180. The van der Waals surface area contributed by atoms with Crippen molar-refractivity contribution in [1.29, 1.82) is 0 Å². The highest BCUT2D eigenvalue weighted by Crippen LogP contribution is 2.28. The van der Waals surface area contributed by atoms with Crippen LogP contribution in [0, 0.1) is 6.92 Å². The van der Waals surface area contributed by atoms with Crippen molar-refractivity contribution in [2.75, 3.05) is 49.5 Å². The minimum Gasteiger partial charge on any atom is -0.369 e. The third kappa shape index (κ3) is 4.00. The van der Waals surface area contributed by atoms with Gasteiger partial charge in [0.05, 0.1) is 11.2 Å². The second-order valence-electron chi connectivity index (χ2n) is 7.77. The van der Waals surface area contributed by atoms with Gasteiger partial charge in [-0.1, -0.05) is 23.7 Å². The summed E-state index contributed by atoms with van der Waals surface area (Å²) in [5.41, 5.74) is 2.49. The highest BCUT2D eigenvalue weighted by molar-refractivity contribution is 6.34. The number of para-hydroxylation sites is 1. The highest BCUT2D eigenvalue weighted by Gasteiger charge is 2.18. The Hall–Kier alpha value is -2.97. The molecule has 31 heavy (non-hydrogen) atoms. The van der Waals surface area contributed by atoms with Crippen LogP contribution in [0.3, 0.4) is 0 Å². The number of piperazine rings is 1. The van der Waals surface area contributed by atoms with E-state index in [9.17, 15) is 0 Å². The predicted octanol–water partition coefficient (Wildman–Crippen LogP) is 3.26. The summed E-state index contributed by atoms with van der Waals surface area (Å²) in [5.74, 6) is 1.68. The van der Waals surface area contributed by atoms with Gasteiger partial charge in [-0.05, 0) is 38.1 Å². The van der Waals surface area contributed by atoms with Crippen LogP contribution >= 0.6 is 11.6 Å². The molecule has 0 amide bonds. The molecular formula is C22H25ClN8. The second-order valence-corrected chi connectivity index (χ2v) is 8.15. The first-order chi connectivity index (χ1) is 15.2. The molecule has 4 aromatic rings. The van der Waals surface area contributed by atoms with Crippen LogP contribution in [-0.2, 0) is 0 Å². The Morgan fingerprint density at radius 2 is 1.81 bits per heavy atom. The summed E-state index contributed by atoms with van der Waals surface area (Å²) in [4.78, 5) is 18.2. The van der Waals surface area contributed by atoms with Gasteiger partial charge in [0, 0.05) is 50.5 Å². The molecule has 0 spiro atoms. The lowest BCUT2D eigenvalue weighted by molar-refractivity contribution is 0.256. The first kappa shape index (κ1) is 20.0. The molecule has 160 valence electrons. The number of rotatable bonds is 6. The average molecular weight is 437 g/mol. The smallest absolute Gasteiger partial charge is 0.225 e. The number of hydrogen-bond acceptors (Lipinski definition) is 7. The number of nitrogens with one attached hydrogen (secondary N) is 1. The third-order valence-electron chi connectivity index (χ3n) is 5.72. The molecule has 8 nitrogen and oxygen atoms in total. The average Bonchev–Trinajstić information content (AvgIpc) is 3.11. The van der Waals surface area contributed by atoms with Crippen LogP contribution < -0.4 is 10.2 Å². The molecule has 1 aromatic carbocycles. The summed E-state index contributed by atoms with van der Waals surface area (Å²) >= 11 is 6.44. The molecule has 0 saturated carbocycles. The molecule has 1 N–H and O–H groups in total. The van der Waals surface area contributed by atoms with E-state index in [2.05, 4.69) is 36.2 Å². The first-order valence-electron chi connectivity index (χ1n) is 10.6. The number of aromatic nitrogens is 5. The lowest BCUT2D eigenvalue weighted by atomic mass is 10.2. The van der Waals surface area contributed by atoms with Gasteiger partial charge in [-0.3, -0.25) is 4.90 Å². The zero-order valence-corrected chi connectivity index (χ0v) is 18.3. The standard InChI is InChI=1S/C22H25ClN8/c1-16-19(23)21-27-20(17-6-2-3-7-18(17)31(21)28-16)24-10-5-11-29-12-14-30(15-13-29)22-25-8-4-9-26-22/h2-4,6-9H,5,10-15H2,1H3,(H,24,27). The number of anilines is 2. The molecule has 1 saturated heterocycles. The maximum Gasteiger partial charge on any atom is 0.225 e. The topological polar surface area (TPSA) is 74.5 Å². The summed E-state index contributed by atoms with van der Waals surface area (Å²) in [6.07, 6.45) is 4.64. The molecule has 1 aliphatic rings. The molecule has 3 aromatic heterocycles. The molecular weight excluding hydrogens is 412 g/mol. The van der Waals surface area contributed by atoms with Gasteiger partial charge in [0.2, 0.25) is 5.95 Å². The fourth-order valence-electron chi connectivity index (χ4n) is 4.06. The van der Waals surface area contributed by atoms with E-state index in [1.165, 1.54) is 0 Å². The second kappa shape index (κ2) is 8.64. The molecule has 1 fully saturated rings. The fourth-order valence-corrected chi connectivity index (χ4v) is 4.22. The Balaban J connectivity index is 1.20. The summed E-state index contributed by atoms with van der Waals surface area (Å²) in [6.45, 7) is 7.76. The van der Waals surface area contributed by atoms with E-state index in [4.69, 9.17) is 16.6 Å². The SMILES string of the molecule is Cc1nn2c(nc(NCCCN3CCN(c4ncccn4)CC3)c3ccccc32)c1Cl. The van der Waals surface area contributed by atoms with Crippen molar-refractivity contribution in [2.24, 2.45) is 0 Å². The molecule has 1 aliphatic heterocycles. The van der Waals surface area contributed by atoms with Crippen molar-refractivity contribution in [3.05, 3.63) is 53.4 Å². The maximum atomic E-state index is 6.44. The Morgan fingerprint density at radius 1 is 1.03 bits per heavy atom.